The Morgan fingerprint density at radius 1 is 0.319 bits per heavy atom. The van der Waals surface area contributed by atoms with Crippen LogP contribution in [-0.2, 0) is 0 Å². The fraction of sp³-hybridized carbons (Fsp3) is 0. The van der Waals surface area contributed by atoms with Crippen molar-refractivity contribution in [2.75, 3.05) is 0 Å². The van der Waals surface area contributed by atoms with Gasteiger partial charge in [0.2, 0.25) is 0 Å². The van der Waals surface area contributed by atoms with Gasteiger partial charge in [0.05, 0.1) is 31.5 Å². The molecule has 6 aromatic heterocycles. The molecule has 0 unspecified atom stereocenters. The Hall–Kier alpha value is -7.98. The topological polar surface area (TPSA) is 35.6 Å². The van der Waals surface area contributed by atoms with Crippen molar-refractivity contribution in [2.24, 2.45) is 0 Å². The van der Waals surface area contributed by atoms with E-state index in [1.807, 2.05) is 35.1 Å². The Morgan fingerprint density at radius 2 is 0.708 bits per heavy atom. The largest absolute Gasteiger partial charge is 0.293 e. The first-order chi connectivity index (χ1) is 35.6. The number of halogens is 1. The quantitative estimate of drug-likeness (QED) is 0.123. The van der Waals surface area contributed by atoms with Crippen LogP contribution >= 0.6 is 38.6 Å². The lowest BCUT2D eigenvalue weighted by Crippen LogP contribution is -2.74. The molecule has 0 saturated heterocycles. The third-order valence-electron chi connectivity index (χ3n) is 14.3. The smallest absolute Gasteiger partial charge is 0.179 e. The van der Waals surface area contributed by atoms with Crippen molar-refractivity contribution >= 4 is 151 Å². The summed E-state index contributed by atoms with van der Waals surface area (Å²) in [6.07, 6.45) is 3.89. The molecule has 9 aromatic carbocycles. The van der Waals surface area contributed by atoms with Gasteiger partial charge in [0.25, 0.3) is 0 Å². The molecule has 0 amide bonds. The van der Waals surface area contributed by atoms with Crippen molar-refractivity contribution in [1.29, 1.82) is 0 Å². The van der Waals surface area contributed by atoms with E-state index < -0.39 is 8.07 Å². The molecule has 0 aliphatic heterocycles. The second-order valence-corrected chi connectivity index (χ2v) is 25.0. The van der Waals surface area contributed by atoms with Crippen LogP contribution in [0.15, 0.2) is 253 Å². The lowest BCUT2D eigenvalue weighted by molar-refractivity contribution is 1.10. The average molecular weight is 1040 g/mol. The van der Waals surface area contributed by atoms with Gasteiger partial charge in [0.15, 0.2) is 19.7 Å². The van der Waals surface area contributed by atoms with Gasteiger partial charge in [0.1, 0.15) is 0 Å². The molecule has 0 atom stereocenters. The van der Waals surface area contributed by atoms with E-state index in [0.29, 0.717) is 0 Å². The van der Waals surface area contributed by atoms with Crippen LogP contribution in [0.25, 0.3) is 95.6 Å². The van der Waals surface area contributed by atoms with Crippen molar-refractivity contribution < 1.29 is 0 Å². The Kier molecular flexibility index (Phi) is 10.4. The van der Waals surface area contributed by atoms with Gasteiger partial charge in [-0.25, -0.2) is 9.97 Å². The number of para-hydroxylation sites is 2. The number of nitrogens with zero attached hydrogens (tertiary/aromatic N) is 4. The maximum atomic E-state index is 5.04. The van der Waals surface area contributed by atoms with E-state index in [9.17, 15) is 0 Å². The van der Waals surface area contributed by atoms with Crippen LogP contribution < -0.4 is 20.7 Å². The van der Waals surface area contributed by atoms with Gasteiger partial charge in [-0.15, -0.1) is 22.7 Å². The summed E-state index contributed by atoms with van der Waals surface area (Å²) in [6, 6.07) is 86.0. The minimum atomic E-state index is -2.66. The van der Waals surface area contributed by atoms with Crippen molar-refractivity contribution in [1.82, 2.24) is 19.1 Å². The van der Waals surface area contributed by atoms with E-state index in [2.05, 4.69) is 262 Å². The molecular formula is C64H41BrN4S2Si. The molecule has 6 heterocycles. The highest BCUT2D eigenvalue weighted by Gasteiger charge is 2.41. The highest BCUT2D eigenvalue weighted by Crippen LogP contribution is 2.42. The van der Waals surface area contributed by atoms with Crippen molar-refractivity contribution in [3.8, 4) is 11.6 Å². The number of aromatic nitrogens is 4. The van der Waals surface area contributed by atoms with Gasteiger partial charge in [-0.2, -0.15) is 0 Å². The highest BCUT2D eigenvalue weighted by molar-refractivity contribution is 9.10. The molecule has 0 saturated carbocycles. The first-order valence-electron chi connectivity index (χ1n) is 24.1. The maximum absolute atomic E-state index is 5.04. The monoisotopic (exact) mass is 1040 g/mol. The summed E-state index contributed by atoms with van der Waals surface area (Å²) in [5.74, 6) is 1.99. The zero-order valence-electron chi connectivity index (χ0n) is 38.7. The summed E-state index contributed by atoms with van der Waals surface area (Å²) in [5.41, 5.74) is 4.71. The van der Waals surface area contributed by atoms with Gasteiger partial charge in [-0.05, 0) is 81.4 Å². The van der Waals surface area contributed by atoms with Crippen LogP contribution in [0.4, 0.5) is 0 Å². The Labute approximate surface area is 432 Å². The van der Waals surface area contributed by atoms with Crippen LogP contribution in [0.2, 0.25) is 0 Å². The molecule has 0 bridgehead atoms. The van der Waals surface area contributed by atoms with E-state index in [0.717, 1.165) is 16.1 Å². The van der Waals surface area contributed by atoms with Gasteiger partial charge < -0.3 is 0 Å². The second kappa shape index (κ2) is 17.4. The van der Waals surface area contributed by atoms with E-state index in [4.69, 9.17) is 9.97 Å². The molecule has 340 valence electrons. The summed E-state index contributed by atoms with van der Waals surface area (Å²) in [7, 11) is -2.66. The van der Waals surface area contributed by atoms with E-state index >= 15 is 0 Å². The number of rotatable bonds is 6. The van der Waals surface area contributed by atoms with Crippen molar-refractivity contribution in [2.45, 2.75) is 0 Å². The predicted octanol–water partition coefficient (Wildman–Crippen LogP) is 15.2. The SMILES string of the molecule is Brc1ccc2c(c1)c1ccccc1n2-c1nccc2c1sc1ccccc12.c1ccc([Si](c2ccccc2)(c2ccccc2)c2ccc3c(c2)c2ccccc2n3-c2nccc3c2sc2ccccc23)cc1. The summed E-state index contributed by atoms with van der Waals surface area (Å²) in [4.78, 5) is 9.87. The third kappa shape index (κ3) is 6.67. The fourth-order valence-corrected chi connectivity index (χ4v) is 18.8. The first-order valence-corrected chi connectivity index (χ1v) is 28.5. The predicted molar refractivity (Wildman–Crippen MR) is 314 cm³/mol. The molecule has 15 aromatic rings. The van der Waals surface area contributed by atoms with Crippen molar-refractivity contribution in [3.63, 3.8) is 0 Å². The van der Waals surface area contributed by atoms with Crippen molar-refractivity contribution in [3.05, 3.63) is 253 Å². The highest BCUT2D eigenvalue weighted by atomic mass is 79.9. The normalized spacial score (nSPS) is 12.0. The molecule has 0 N–H and O–H groups in total. The molecule has 15 rings (SSSR count). The summed E-state index contributed by atoms with van der Waals surface area (Å²) in [6.45, 7) is 0. The summed E-state index contributed by atoms with van der Waals surface area (Å²) < 4.78 is 10.8. The molecule has 0 spiro atoms. The van der Waals surface area contributed by atoms with Gasteiger partial charge in [-0.3, -0.25) is 9.13 Å². The Balaban J connectivity index is 0.000000152. The molecule has 0 radical (unpaired) electrons. The van der Waals surface area contributed by atoms with E-state index in [1.165, 1.54) is 105 Å². The summed E-state index contributed by atoms with van der Waals surface area (Å²) >= 11 is 7.26. The van der Waals surface area contributed by atoms with Gasteiger partial charge in [-0.1, -0.05) is 192 Å². The average Bonchev–Trinajstić information content (AvgIpc) is 4.20. The molecule has 72 heavy (non-hydrogen) atoms. The van der Waals surface area contributed by atoms with E-state index in [-0.39, 0.29) is 0 Å². The fourth-order valence-electron chi connectivity index (χ4n) is 11.3. The van der Waals surface area contributed by atoms with Crippen LogP contribution in [0.1, 0.15) is 0 Å². The molecule has 0 aliphatic carbocycles. The lowest BCUT2D eigenvalue weighted by Gasteiger charge is -2.34. The summed E-state index contributed by atoms with van der Waals surface area (Å²) in [5, 5.41) is 15.6. The van der Waals surface area contributed by atoms with E-state index in [1.54, 1.807) is 0 Å². The number of benzene rings is 9. The Morgan fingerprint density at radius 3 is 1.19 bits per heavy atom. The van der Waals surface area contributed by atoms with Crippen LogP contribution in [0, 0.1) is 0 Å². The van der Waals surface area contributed by atoms with Gasteiger partial charge in [0, 0.05) is 69.4 Å². The van der Waals surface area contributed by atoms with Crippen LogP contribution in [0.3, 0.4) is 0 Å². The molecule has 4 nitrogen and oxygen atoms in total. The molecular weight excluding hydrogens is 997 g/mol. The molecule has 8 heteroatoms. The Bertz CT molecular complexity index is 4440. The zero-order chi connectivity index (χ0) is 47.8. The van der Waals surface area contributed by atoms with Crippen LogP contribution in [0.5, 0.6) is 0 Å². The minimum absolute atomic E-state index is 0.991. The minimum Gasteiger partial charge on any atom is -0.293 e. The molecule has 0 aliphatic rings. The standard InChI is InChI=1S/C41H28N2SSi.C23H13BrN2S/c1-4-14-29(15-5-1)45(30-16-6-2-7-17-30,31-18-8-3-9-19-31)32-24-25-38-36(28-32)33-20-10-12-22-37(33)43(38)41-40-35(26-27-42-41)34-21-11-13-23-39(34)44-40;24-14-9-10-20-18(13-14)15-5-1-3-7-19(15)26(20)23-22-17(11-12-25-23)16-6-2-4-8-21(16)27-22/h1-28H;1-13H. The number of fused-ring (bicyclic) bond motifs is 12. The number of hydrogen-bond acceptors (Lipinski definition) is 4. The van der Waals surface area contributed by atoms with Gasteiger partial charge >= 0.3 is 0 Å². The molecule has 0 fully saturated rings. The number of thiophene rings is 2. The lowest BCUT2D eigenvalue weighted by atomic mass is 10.1. The third-order valence-corrected chi connectivity index (χ3v) is 22.0. The zero-order valence-corrected chi connectivity index (χ0v) is 42.9. The first kappa shape index (κ1) is 42.9. The van der Waals surface area contributed by atoms with Crippen LogP contribution in [-0.4, -0.2) is 27.2 Å². The number of pyridine rings is 2. The maximum Gasteiger partial charge on any atom is 0.179 e. The second-order valence-electron chi connectivity index (χ2n) is 18.2. The number of hydrogen-bond donors (Lipinski definition) is 0.